The summed E-state index contributed by atoms with van der Waals surface area (Å²) in [6, 6.07) is 16.8. The topological polar surface area (TPSA) is 62.5 Å². The summed E-state index contributed by atoms with van der Waals surface area (Å²) >= 11 is 12.6. The molecule has 150 valence electrons. The third-order valence-corrected chi connectivity index (χ3v) is 6.39. The normalized spacial score (nSPS) is 13.2. The monoisotopic (exact) mass is 438 g/mol. The summed E-state index contributed by atoms with van der Waals surface area (Å²) in [7, 11) is 0. The van der Waals surface area contributed by atoms with E-state index in [9.17, 15) is 14.7 Å². The molecule has 0 aliphatic carbocycles. The number of aromatic nitrogens is 1. The van der Waals surface area contributed by atoms with Gasteiger partial charge in [-0.05, 0) is 48.4 Å². The van der Waals surface area contributed by atoms with Crippen molar-refractivity contribution in [2.45, 2.75) is 13.0 Å². The van der Waals surface area contributed by atoms with Gasteiger partial charge in [-0.1, -0.05) is 41.4 Å². The first-order chi connectivity index (χ1) is 14.5. The molecule has 30 heavy (non-hydrogen) atoms. The maximum Gasteiger partial charge on any atom is 0.323 e. The van der Waals surface area contributed by atoms with Gasteiger partial charge in [0.15, 0.2) is 5.43 Å². The van der Waals surface area contributed by atoms with Gasteiger partial charge in [-0.25, -0.2) is 0 Å². The van der Waals surface area contributed by atoms with Crippen LogP contribution in [0.1, 0.15) is 5.56 Å². The van der Waals surface area contributed by atoms with E-state index in [0.29, 0.717) is 21.8 Å². The van der Waals surface area contributed by atoms with Gasteiger partial charge in [0.2, 0.25) is 0 Å². The van der Waals surface area contributed by atoms with E-state index >= 15 is 0 Å². The van der Waals surface area contributed by atoms with Crippen LogP contribution in [0, 0.1) is 0 Å². The fourth-order valence-corrected chi connectivity index (χ4v) is 4.68. The summed E-state index contributed by atoms with van der Waals surface area (Å²) < 4.78 is 1.56. The summed E-state index contributed by atoms with van der Waals surface area (Å²) in [5.41, 5.74) is 3.92. The van der Waals surface area contributed by atoms with E-state index in [4.69, 9.17) is 23.2 Å². The molecule has 1 aromatic heterocycles. The minimum atomic E-state index is -1.03. The quantitative estimate of drug-likeness (QED) is 0.444. The first-order valence-corrected chi connectivity index (χ1v) is 10.2. The molecule has 3 aromatic carbocycles. The van der Waals surface area contributed by atoms with E-state index in [0.717, 1.165) is 24.3 Å². The highest BCUT2D eigenvalue weighted by Crippen LogP contribution is 2.37. The van der Waals surface area contributed by atoms with Crippen LogP contribution in [-0.2, 0) is 17.8 Å². The number of benzene rings is 3. The Kier molecular flexibility index (Phi) is 4.45. The van der Waals surface area contributed by atoms with E-state index in [-0.39, 0.29) is 22.0 Å². The molecule has 5 rings (SSSR count). The van der Waals surface area contributed by atoms with Crippen molar-refractivity contribution in [3.63, 3.8) is 0 Å². The van der Waals surface area contributed by atoms with Crippen molar-refractivity contribution in [1.29, 1.82) is 0 Å². The Morgan fingerprint density at radius 1 is 1.03 bits per heavy atom. The maximum absolute atomic E-state index is 13.1. The fourth-order valence-electron chi connectivity index (χ4n) is 4.26. The second-order valence-corrected chi connectivity index (χ2v) is 8.08. The smallest absolute Gasteiger partial charge is 0.323 e. The molecule has 2 heterocycles. The summed E-state index contributed by atoms with van der Waals surface area (Å²) in [6.07, 6.45) is 0.926. The Hall–Kier alpha value is -3.02. The molecule has 5 nitrogen and oxygen atoms in total. The van der Waals surface area contributed by atoms with Crippen LogP contribution >= 0.6 is 23.2 Å². The van der Waals surface area contributed by atoms with Gasteiger partial charge in [-0.2, -0.15) is 0 Å². The minimum absolute atomic E-state index is 0.173. The van der Waals surface area contributed by atoms with Crippen LogP contribution in [0.2, 0.25) is 10.0 Å². The molecule has 4 aromatic rings. The first kappa shape index (κ1) is 19.0. The number of carboxylic acid groups (broad SMARTS) is 1. The molecule has 0 unspecified atom stereocenters. The zero-order valence-corrected chi connectivity index (χ0v) is 17.2. The number of rotatable bonds is 3. The van der Waals surface area contributed by atoms with Gasteiger partial charge >= 0.3 is 5.97 Å². The lowest BCUT2D eigenvalue weighted by Gasteiger charge is -2.22. The Morgan fingerprint density at radius 2 is 1.80 bits per heavy atom. The molecule has 0 bridgehead atoms. The minimum Gasteiger partial charge on any atom is -0.480 e. The fraction of sp³-hybridized carbons (Fsp3) is 0.130. The van der Waals surface area contributed by atoms with Crippen LogP contribution < -0.4 is 10.3 Å². The summed E-state index contributed by atoms with van der Waals surface area (Å²) in [5, 5.41) is 10.8. The number of halogens is 2. The number of pyridine rings is 1. The highest BCUT2D eigenvalue weighted by atomic mass is 35.5. The number of carboxylic acids is 1. The van der Waals surface area contributed by atoms with Crippen LogP contribution in [0.4, 0.5) is 11.4 Å². The number of nitrogens with zero attached hydrogens (tertiary/aromatic N) is 2. The standard InChI is InChI=1S/C23H16Cl2N2O3/c24-17-8-7-16-22(21(17)25)27(12-20(28)29)19-11-14(5-6-15(19)23(16)30)26-10-9-13-3-1-2-4-18(13)26/h1-8,11H,9-10,12H2,(H,28,29). The predicted molar refractivity (Wildman–Crippen MR) is 121 cm³/mol. The van der Waals surface area contributed by atoms with Crippen molar-refractivity contribution in [3.8, 4) is 0 Å². The van der Waals surface area contributed by atoms with E-state index in [1.165, 1.54) is 5.56 Å². The van der Waals surface area contributed by atoms with Crippen LogP contribution in [0.25, 0.3) is 21.8 Å². The number of carbonyl (C=O) groups is 1. The van der Waals surface area contributed by atoms with Crippen molar-refractivity contribution in [3.05, 3.63) is 80.4 Å². The Morgan fingerprint density at radius 3 is 2.60 bits per heavy atom. The lowest BCUT2D eigenvalue weighted by Crippen LogP contribution is -2.18. The maximum atomic E-state index is 13.1. The van der Waals surface area contributed by atoms with Crippen molar-refractivity contribution >= 4 is 62.4 Å². The van der Waals surface area contributed by atoms with Gasteiger partial charge in [0.25, 0.3) is 0 Å². The number of anilines is 2. The zero-order valence-electron chi connectivity index (χ0n) is 15.7. The predicted octanol–water partition coefficient (Wildman–Crippen LogP) is 5.24. The van der Waals surface area contributed by atoms with Gasteiger partial charge in [0.05, 0.1) is 21.1 Å². The lowest BCUT2D eigenvalue weighted by molar-refractivity contribution is -0.137. The molecule has 0 amide bonds. The van der Waals surface area contributed by atoms with Crippen LogP contribution in [0.5, 0.6) is 0 Å². The van der Waals surface area contributed by atoms with Crippen molar-refractivity contribution in [2.24, 2.45) is 0 Å². The van der Waals surface area contributed by atoms with Gasteiger partial charge < -0.3 is 14.6 Å². The Labute approximate surface area is 181 Å². The van der Waals surface area contributed by atoms with Gasteiger partial charge in [0.1, 0.15) is 6.54 Å². The summed E-state index contributed by atoms with van der Waals surface area (Å²) in [4.78, 5) is 27.0. The molecule has 0 radical (unpaired) electrons. The van der Waals surface area contributed by atoms with E-state index in [1.807, 2.05) is 24.3 Å². The van der Waals surface area contributed by atoms with E-state index < -0.39 is 5.97 Å². The van der Waals surface area contributed by atoms with Crippen LogP contribution in [0.3, 0.4) is 0 Å². The Bertz CT molecular complexity index is 1410. The second kappa shape index (κ2) is 7.04. The number of aliphatic carboxylic acids is 1. The van der Waals surface area contributed by atoms with Gasteiger partial charge in [-0.3, -0.25) is 9.59 Å². The molecular weight excluding hydrogens is 423 g/mol. The number of para-hydroxylation sites is 1. The average molecular weight is 439 g/mol. The van der Waals surface area contributed by atoms with E-state index in [1.54, 1.807) is 22.8 Å². The molecule has 0 saturated carbocycles. The average Bonchev–Trinajstić information content (AvgIpc) is 3.17. The molecule has 0 spiro atoms. The lowest BCUT2D eigenvalue weighted by atomic mass is 10.1. The summed E-state index contributed by atoms with van der Waals surface area (Å²) in [6.45, 7) is 0.474. The molecule has 0 saturated heterocycles. The van der Waals surface area contributed by atoms with Crippen molar-refractivity contribution in [2.75, 3.05) is 11.4 Å². The third-order valence-electron chi connectivity index (χ3n) is 5.59. The molecule has 0 atom stereocenters. The van der Waals surface area contributed by atoms with Crippen LogP contribution in [0.15, 0.2) is 59.4 Å². The van der Waals surface area contributed by atoms with Crippen molar-refractivity contribution < 1.29 is 9.90 Å². The molecule has 0 fully saturated rings. The molecule has 1 aliphatic heterocycles. The highest BCUT2D eigenvalue weighted by molar-refractivity contribution is 6.45. The molecule has 1 aliphatic rings. The van der Waals surface area contributed by atoms with Gasteiger partial charge in [-0.15, -0.1) is 0 Å². The SMILES string of the molecule is O=C(O)Cn1c2cc(N3CCc4ccccc43)ccc2c(=O)c2ccc(Cl)c(Cl)c21. The third kappa shape index (κ3) is 2.85. The zero-order chi connectivity index (χ0) is 21.0. The highest BCUT2D eigenvalue weighted by Gasteiger charge is 2.22. The van der Waals surface area contributed by atoms with Gasteiger partial charge in [0, 0.05) is 28.7 Å². The molecule has 7 heteroatoms. The second-order valence-electron chi connectivity index (χ2n) is 7.30. The first-order valence-electron chi connectivity index (χ1n) is 9.47. The number of fused-ring (bicyclic) bond motifs is 3. The number of hydrogen-bond acceptors (Lipinski definition) is 3. The van der Waals surface area contributed by atoms with E-state index in [2.05, 4.69) is 17.0 Å². The molecule has 1 N–H and O–H groups in total. The van der Waals surface area contributed by atoms with Crippen molar-refractivity contribution in [1.82, 2.24) is 4.57 Å². The largest absolute Gasteiger partial charge is 0.480 e. The summed E-state index contributed by atoms with van der Waals surface area (Å²) in [5.74, 6) is -1.03. The number of hydrogen-bond donors (Lipinski definition) is 1. The Balaban J connectivity index is 1.83. The molecular formula is C23H16Cl2N2O3. The van der Waals surface area contributed by atoms with Crippen LogP contribution in [-0.4, -0.2) is 22.2 Å².